The molecular formula is C15H10ClF3. The second-order valence-corrected chi connectivity index (χ2v) is 4.22. The molecule has 0 aliphatic rings. The largest absolute Gasteiger partial charge is 0.207 e. The van der Waals surface area contributed by atoms with Gasteiger partial charge in [-0.25, -0.2) is 13.2 Å². The summed E-state index contributed by atoms with van der Waals surface area (Å²) in [7, 11) is 0. The van der Waals surface area contributed by atoms with Gasteiger partial charge in [-0.2, -0.15) is 0 Å². The standard InChI is InChI=1S/C15H10ClF3/c16-9-11(7-10-3-1-2-4-14(10)18)13-8-12(17)5-6-15(13)19/h1-8H,9H2. The highest BCUT2D eigenvalue weighted by Crippen LogP contribution is 2.24. The molecule has 0 amide bonds. The number of alkyl halides is 1. The zero-order chi connectivity index (χ0) is 13.8. The Morgan fingerprint density at radius 1 is 1.00 bits per heavy atom. The van der Waals surface area contributed by atoms with Gasteiger partial charge in [0.15, 0.2) is 0 Å². The third-order valence-corrected chi connectivity index (χ3v) is 2.94. The number of allylic oxidation sites excluding steroid dienone is 1. The smallest absolute Gasteiger partial charge is 0.130 e. The van der Waals surface area contributed by atoms with Crippen LogP contribution in [0.4, 0.5) is 13.2 Å². The SMILES string of the molecule is Fc1ccc(F)c(C(=Cc2ccccc2F)CCl)c1. The Hall–Kier alpha value is -1.74. The summed E-state index contributed by atoms with van der Waals surface area (Å²) in [5, 5.41) is 0. The molecule has 0 saturated carbocycles. The van der Waals surface area contributed by atoms with E-state index >= 15 is 0 Å². The third-order valence-electron chi connectivity index (χ3n) is 2.65. The van der Waals surface area contributed by atoms with Crippen LogP contribution in [0.5, 0.6) is 0 Å². The molecule has 0 atom stereocenters. The Kier molecular flexibility index (Phi) is 4.27. The van der Waals surface area contributed by atoms with E-state index in [2.05, 4.69) is 0 Å². The van der Waals surface area contributed by atoms with Crippen LogP contribution in [-0.4, -0.2) is 5.88 Å². The molecule has 0 N–H and O–H groups in total. The fourth-order valence-corrected chi connectivity index (χ4v) is 1.93. The summed E-state index contributed by atoms with van der Waals surface area (Å²) in [6, 6.07) is 9.13. The predicted molar refractivity (Wildman–Crippen MR) is 71.3 cm³/mol. The maximum Gasteiger partial charge on any atom is 0.130 e. The Morgan fingerprint density at radius 3 is 2.42 bits per heavy atom. The van der Waals surface area contributed by atoms with Crippen molar-refractivity contribution in [3.63, 3.8) is 0 Å². The molecule has 0 fully saturated rings. The molecule has 0 aliphatic carbocycles. The van der Waals surface area contributed by atoms with E-state index < -0.39 is 17.5 Å². The fourth-order valence-electron chi connectivity index (χ4n) is 1.71. The number of benzene rings is 2. The summed E-state index contributed by atoms with van der Waals surface area (Å²) in [5.41, 5.74) is 0.642. The van der Waals surface area contributed by atoms with Crippen LogP contribution >= 0.6 is 11.6 Å². The van der Waals surface area contributed by atoms with Crippen molar-refractivity contribution in [1.82, 2.24) is 0 Å². The monoisotopic (exact) mass is 282 g/mol. The normalized spacial score (nSPS) is 11.7. The summed E-state index contributed by atoms with van der Waals surface area (Å²) < 4.78 is 40.3. The molecule has 4 heteroatoms. The molecule has 0 saturated heterocycles. The summed E-state index contributed by atoms with van der Waals surface area (Å²) in [4.78, 5) is 0. The van der Waals surface area contributed by atoms with Crippen LogP contribution in [0.3, 0.4) is 0 Å². The van der Waals surface area contributed by atoms with E-state index in [0.717, 1.165) is 18.2 Å². The van der Waals surface area contributed by atoms with Crippen molar-refractivity contribution < 1.29 is 13.2 Å². The van der Waals surface area contributed by atoms with Gasteiger partial charge < -0.3 is 0 Å². The van der Waals surface area contributed by atoms with Gasteiger partial charge in [0.2, 0.25) is 0 Å². The molecule has 0 heterocycles. The second-order valence-electron chi connectivity index (χ2n) is 3.95. The van der Waals surface area contributed by atoms with Gasteiger partial charge in [-0.1, -0.05) is 18.2 Å². The van der Waals surface area contributed by atoms with Crippen molar-refractivity contribution in [2.45, 2.75) is 0 Å². The Bertz CT molecular complexity index is 621. The van der Waals surface area contributed by atoms with E-state index in [1.165, 1.54) is 12.1 Å². The molecular weight excluding hydrogens is 273 g/mol. The highest BCUT2D eigenvalue weighted by atomic mass is 35.5. The van der Waals surface area contributed by atoms with E-state index in [1.807, 2.05) is 0 Å². The lowest BCUT2D eigenvalue weighted by Gasteiger charge is -2.07. The van der Waals surface area contributed by atoms with E-state index in [9.17, 15) is 13.2 Å². The van der Waals surface area contributed by atoms with Crippen LogP contribution in [0, 0.1) is 17.5 Å². The van der Waals surface area contributed by atoms with Gasteiger partial charge in [0.25, 0.3) is 0 Å². The van der Waals surface area contributed by atoms with E-state index in [0.29, 0.717) is 5.57 Å². The summed E-state index contributed by atoms with van der Waals surface area (Å²) >= 11 is 5.75. The zero-order valence-electron chi connectivity index (χ0n) is 9.84. The topological polar surface area (TPSA) is 0 Å². The van der Waals surface area contributed by atoms with Gasteiger partial charge in [-0.05, 0) is 35.9 Å². The van der Waals surface area contributed by atoms with Gasteiger partial charge in [0.1, 0.15) is 17.5 Å². The molecule has 2 aromatic rings. The van der Waals surface area contributed by atoms with Gasteiger partial charge in [0, 0.05) is 17.0 Å². The second kappa shape index (κ2) is 5.93. The lowest BCUT2D eigenvalue weighted by Crippen LogP contribution is -1.94. The van der Waals surface area contributed by atoms with Crippen molar-refractivity contribution in [3.05, 3.63) is 71.0 Å². The first kappa shape index (κ1) is 13.7. The van der Waals surface area contributed by atoms with Crippen LogP contribution in [-0.2, 0) is 0 Å². The number of hydrogen-bond acceptors (Lipinski definition) is 0. The first-order chi connectivity index (χ1) is 9.11. The molecule has 0 radical (unpaired) electrons. The van der Waals surface area contributed by atoms with Crippen molar-refractivity contribution in [1.29, 1.82) is 0 Å². The van der Waals surface area contributed by atoms with E-state index in [4.69, 9.17) is 11.6 Å². The minimum Gasteiger partial charge on any atom is -0.207 e. The molecule has 0 nitrogen and oxygen atoms in total. The molecule has 0 aromatic heterocycles. The van der Waals surface area contributed by atoms with Crippen LogP contribution < -0.4 is 0 Å². The van der Waals surface area contributed by atoms with E-state index in [1.54, 1.807) is 18.2 Å². The summed E-state index contributed by atoms with van der Waals surface area (Å²) in [6.45, 7) is 0. The molecule has 0 bridgehead atoms. The highest BCUT2D eigenvalue weighted by molar-refractivity contribution is 6.24. The molecule has 2 rings (SSSR count). The minimum absolute atomic E-state index is 0.0400. The summed E-state index contributed by atoms with van der Waals surface area (Å²) in [6.07, 6.45) is 1.42. The highest BCUT2D eigenvalue weighted by Gasteiger charge is 2.10. The van der Waals surface area contributed by atoms with Gasteiger partial charge in [-0.15, -0.1) is 11.6 Å². The molecule has 0 unspecified atom stereocenters. The van der Waals surface area contributed by atoms with Crippen molar-refractivity contribution in [2.75, 3.05) is 5.88 Å². The van der Waals surface area contributed by atoms with Gasteiger partial charge in [-0.3, -0.25) is 0 Å². The average Bonchev–Trinajstić information content (AvgIpc) is 2.41. The zero-order valence-corrected chi connectivity index (χ0v) is 10.6. The molecule has 0 spiro atoms. The Morgan fingerprint density at radius 2 is 1.74 bits per heavy atom. The molecule has 19 heavy (non-hydrogen) atoms. The quantitative estimate of drug-likeness (QED) is 0.556. The number of hydrogen-bond donors (Lipinski definition) is 0. The van der Waals surface area contributed by atoms with Crippen LogP contribution in [0.25, 0.3) is 11.6 Å². The Balaban J connectivity index is 2.51. The van der Waals surface area contributed by atoms with Crippen molar-refractivity contribution >= 4 is 23.3 Å². The molecule has 98 valence electrons. The average molecular weight is 283 g/mol. The van der Waals surface area contributed by atoms with Crippen molar-refractivity contribution in [2.24, 2.45) is 0 Å². The molecule has 2 aromatic carbocycles. The number of halogens is 4. The first-order valence-electron chi connectivity index (χ1n) is 5.58. The van der Waals surface area contributed by atoms with Crippen molar-refractivity contribution in [3.8, 4) is 0 Å². The maximum atomic E-state index is 13.7. The molecule has 0 aliphatic heterocycles. The van der Waals surface area contributed by atoms with Crippen LogP contribution in [0.2, 0.25) is 0 Å². The van der Waals surface area contributed by atoms with Crippen LogP contribution in [0.15, 0.2) is 42.5 Å². The lowest BCUT2D eigenvalue weighted by atomic mass is 10.0. The fraction of sp³-hybridized carbons (Fsp3) is 0.0667. The third kappa shape index (κ3) is 3.18. The van der Waals surface area contributed by atoms with Crippen LogP contribution in [0.1, 0.15) is 11.1 Å². The maximum absolute atomic E-state index is 13.7. The predicted octanol–water partition coefficient (Wildman–Crippen LogP) is 4.88. The van der Waals surface area contributed by atoms with E-state index in [-0.39, 0.29) is 17.0 Å². The first-order valence-corrected chi connectivity index (χ1v) is 6.12. The summed E-state index contributed by atoms with van der Waals surface area (Å²) in [5.74, 6) is -1.65. The number of rotatable bonds is 3. The Labute approximate surface area is 114 Å². The minimum atomic E-state index is -0.593. The lowest BCUT2D eigenvalue weighted by molar-refractivity contribution is 0.597. The van der Waals surface area contributed by atoms with Gasteiger partial charge in [0.05, 0.1) is 0 Å². The van der Waals surface area contributed by atoms with Gasteiger partial charge >= 0.3 is 0 Å².